The molecule has 1 fully saturated rings. The molecule has 116 valence electrons. The summed E-state index contributed by atoms with van der Waals surface area (Å²) in [7, 11) is 0. The number of hydrogen-bond donors (Lipinski definition) is 3. The summed E-state index contributed by atoms with van der Waals surface area (Å²) in [5, 5.41) is 22.5. The number of nitrogens with one attached hydrogen (secondary N) is 1. The molecule has 0 radical (unpaired) electrons. The van der Waals surface area contributed by atoms with Crippen LogP contribution in [0, 0.1) is 11.7 Å². The minimum atomic E-state index is -1.07. The molecule has 0 bridgehead atoms. The molecule has 1 aliphatic carbocycles. The van der Waals surface area contributed by atoms with Crippen molar-refractivity contribution in [2.75, 3.05) is 6.54 Å². The normalized spacial score (nSPS) is 25.8. The Morgan fingerprint density at radius 2 is 2.29 bits per heavy atom. The zero-order valence-electron chi connectivity index (χ0n) is 12.2. The van der Waals surface area contributed by atoms with Gasteiger partial charge in [0.2, 0.25) is 0 Å². The highest BCUT2D eigenvalue weighted by Crippen LogP contribution is 2.31. The minimum Gasteiger partial charge on any atom is -0.478 e. The average molecular weight is 295 g/mol. The van der Waals surface area contributed by atoms with Crippen LogP contribution in [0.1, 0.15) is 48.5 Å². The average Bonchev–Trinajstić information content (AvgIpc) is 2.40. The summed E-state index contributed by atoms with van der Waals surface area (Å²) >= 11 is 0. The molecule has 0 spiro atoms. The van der Waals surface area contributed by atoms with Crippen LogP contribution in [0.3, 0.4) is 0 Å². The maximum absolute atomic E-state index is 13.7. The van der Waals surface area contributed by atoms with Crippen LogP contribution in [0.25, 0.3) is 0 Å². The zero-order chi connectivity index (χ0) is 15.5. The van der Waals surface area contributed by atoms with Gasteiger partial charge in [-0.3, -0.25) is 0 Å². The summed E-state index contributed by atoms with van der Waals surface area (Å²) in [4.78, 5) is 10.9. The van der Waals surface area contributed by atoms with Crippen molar-refractivity contribution < 1.29 is 19.4 Å². The molecular formula is C16H22FNO3. The number of carboxylic acid groups (broad SMARTS) is 1. The predicted molar refractivity (Wildman–Crippen MR) is 77.6 cm³/mol. The van der Waals surface area contributed by atoms with Crippen LogP contribution in [0.5, 0.6) is 0 Å². The SMILES string of the molecule is CC1CCCC(O)(CNCc2cc(C(=O)O)ccc2F)C1. The quantitative estimate of drug-likeness (QED) is 0.781. The van der Waals surface area contributed by atoms with Gasteiger partial charge < -0.3 is 15.5 Å². The van der Waals surface area contributed by atoms with Crippen molar-refractivity contribution >= 4 is 5.97 Å². The number of aromatic carboxylic acids is 1. The van der Waals surface area contributed by atoms with E-state index in [1.54, 1.807) is 0 Å². The van der Waals surface area contributed by atoms with Crippen LogP contribution in [0.2, 0.25) is 0 Å². The highest BCUT2D eigenvalue weighted by Gasteiger charge is 2.32. The third-order valence-electron chi connectivity index (χ3n) is 4.13. The lowest BCUT2D eigenvalue weighted by atomic mass is 9.79. The second-order valence-corrected chi connectivity index (χ2v) is 6.14. The lowest BCUT2D eigenvalue weighted by molar-refractivity contribution is -0.0119. The second-order valence-electron chi connectivity index (χ2n) is 6.14. The molecule has 4 nitrogen and oxygen atoms in total. The van der Waals surface area contributed by atoms with E-state index in [9.17, 15) is 14.3 Å². The van der Waals surface area contributed by atoms with Crippen molar-refractivity contribution in [2.24, 2.45) is 5.92 Å². The van der Waals surface area contributed by atoms with Gasteiger partial charge in [-0.2, -0.15) is 0 Å². The van der Waals surface area contributed by atoms with E-state index in [0.29, 0.717) is 18.0 Å². The molecule has 0 aromatic heterocycles. The Hall–Kier alpha value is -1.46. The van der Waals surface area contributed by atoms with Gasteiger partial charge in [0.15, 0.2) is 0 Å². The Labute approximate surface area is 124 Å². The Morgan fingerprint density at radius 3 is 2.95 bits per heavy atom. The second kappa shape index (κ2) is 6.54. The highest BCUT2D eigenvalue weighted by atomic mass is 19.1. The van der Waals surface area contributed by atoms with Gasteiger partial charge >= 0.3 is 5.97 Å². The van der Waals surface area contributed by atoms with Crippen molar-refractivity contribution in [3.05, 3.63) is 35.1 Å². The van der Waals surface area contributed by atoms with Crippen LogP contribution in [-0.4, -0.2) is 28.3 Å². The first-order valence-corrected chi connectivity index (χ1v) is 7.34. The number of aliphatic hydroxyl groups is 1. The molecular weight excluding hydrogens is 273 g/mol. The number of halogens is 1. The van der Waals surface area contributed by atoms with Crippen molar-refractivity contribution in [3.8, 4) is 0 Å². The van der Waals surface area contributed by atoms with Crippen molar-refractivity contribution in [1.82, 2.24) is 5.32 Å². The van der Waals surface area contributed by atoms with Crippen LogP contribution < -0.4 is 5.32 Å². The van der Waals surface area contributed by atoms with Gasteiger partial charge in [-0.1, -0.05) is 19.8 Å². The van der Waals surface area contributed by atoms with E-state index in [2.05, 4.69) is 12.2 Å². The van der Waals surface area contributed by atoms with Crippen LogP contribution in [0.4, 0.5) is 4.39 Å². The largest absolute Gasteiger partial charge is 0.478 e. The third kappa shape index (κ3) is 4.25. The van der Waals surface area contributed by atoms with Gasteiger partial charge in [-0.25, -0.2) is 9.18 Å². The molecule has 0 amide bonds. The van der Waals surface area contributed by atoms with Crippen LogP contribution in [-0.2, 0) is 6.54 Å². The molecule has 1 aliphatic rings. The highest BCUT2D eigenvalue weighted by molar-refractivity contribution is 5.87. The molecule has 2 rings (SSSR count). The van der Waals surface area contributed by atoms with E-state index >= 15 is 0 Å². The van der Waals surface area contributed by atoms with Gasteiger partial charge in [0.1, 0.15) is 5.82 Å². The number of rotatable bonds is 5. The number of carboxylic acids is 1. The first-order chi connectivity index (χ1) is 9.89. The number of hydrogen-bond acceptors (Lipinski definition) is 3. The van der Waals surface area contributed by atoms with Crippen LogP contribution >= 0.6 is 0 Å². The number of benzene rings is 1. The van der Waals surface area contributed by atoms with Gasteiger partial charge in [-0.05, 0) is 37.0 Å². The van der Waals surface area contributed by atoms with Crippen LogP contribution in [0.15, 0.2) is 18.2 Å². The molecule has 3 N–H and O–H groups in total. The molecule has 2 unspecified atom stereocenters. The molecule has 5 heteroatoms. The summed E-state index contributed by atoms with van der Waals surface area (Å²) in [6.07, 6.45) is 3.64. The van der Waals surface area contributed by atoms with E-state index in [4.69, 9.17) is 5.11 Å². The minimum absolute atomic E-state index is 0.0678. The molecule has 1 aromatic carbocycles. The fourth-order valence-electron chi connectivity index (χ4n) is 3.07. The van der Waals surface area contributed by atoms with E-state index in [-0.39, 0.29) is 12.1 Å². The molecule has 1 saturated carbocycles. The van der Waals surface area contributed by atoms with E-state index < -0.39 is 17.4 Å². The van der Waals surface area contributed by atoms with E-state index in [0.717, 1.165) is 31.7 Å². The Balaban J connectivity index is 1.94. The summed E-state index contributed by atoms with van der Waals surface area (Å²) in [6.45, 7) is 2.73. The standard InChI is InChI=1S/C16H22FNO3/c1-11-3-2-6-16(21,8-11)10-18-9-13-7-12(15(19)20)4-5-14(13)17/h4-5,7,11,18,21H,2-3,6,8-10H2,1H3,(H,19,20). The van der Waals surface area contributed by atoms with Crippen molar-refractivity contribution in [3.63, 3.8) is 0 Å². The lowest BCUT2D eigenvalue weighted by Gasteiger charge is -2.35. The molecule has 1 aromatic rings. The molecule has 0 aliphatic heterocycles. The van der Waals surface area contributed by atoms with Gasteiger partial charge in [0.05, 0.1) is 11.2 Å². The molecule has 0 heterocycles. The summed E-state index contributed by atoms with van der Waals surface area (Å²) in [6, 6.07) is 3.74. The molecule has 21 heavy (non-hydrogen) atoms. The molecule has 2 atom stereocenters. The smallest absolute Gasteiger partial charge is 0.335 e. The van der Waals surface area contributed by atoms with Crippen molar-refractivity contribution in [2.45, 2.75) is 44.8 Å². The van der Waals surface area contributed by atoms with Crippen molar-refractivity contribution in [1.29, 1.82) is 0 Å². The zero-order valence-corrected chi connectivity index (χ0v) is 12.2. The monoisotopic (exact) mass is 295 g/mol. The fraction of sp³-hybridized carbons (Fsp3) is 0.562. The summed E-state index contributed by atoms with van der Waals surface area (Å²) < 4.78 is 13.7. The third-order valence-corrected chi connectivity index (χ3v) is 4.13. The Morgan fingerprint density at radius 1 is 1.52 bits per heavy atom. The van der Waals surface area contributed by atoms with Gasteiger partial charge in [0.25, 0.3) is 0 Å². The summed E-state index contributed by atoms with van der Waals surface area (Å²) in [5.41, 5.74) is -0.362. The summed E-state index contributed by atoms with van der Waals surface area (Å²) in [5.74, 6) is -1.01. The maximum atomic E-state index is 13.7. The first kappa shape index (κ1) is 15.9. The topological polar surface area (TPSA) is 69.6 Å². The Kier molecular flexibility index (Phi) is 4.96. The van der Waals surface area contributed by atoms with Gasteiger partial charge in [-0.15, -0.1) is 0 Å². The van der Waals surface area contributed by atoms with E-state index in [1.165, 1.54) is 12.1 Å². The maximum Gasteiger partial charge on any atom is 0.335 e. The lowest BCUT2D eigenvalue weighted by Crippen LogP contribution is -2.43. The first-order valence-electron chi connectivity index (χ1n) is 7.34. The predicted octanol–water partition coefficient (Wildman–Crippen LogP) is 2.55. The molecule has 0 saturated heterocycles. The number of carbonyl (C=O) groups is 1. The fourth-order valence-corrected chi connectivity index (χ4v) is 3.07. The van der Waals surface area contributed by atoms with Gasteiger partial charge in [0, 0.05) is 18.7 Å². The van der Waals surface area contributed by atoms with E-state index in [1.807, 2.05) is 0 Å². The Bertz CT molecular complexity index is 520.